The predicted octanol–water partition coefficient (Wildman–Crippen LogP) is 13.2. The Morgan fingerprint density at radius 1 is 0.500 bits per heavy atom. The van der Waals surface area contributed by atoms with Gasteiger partial charge in [0.2, 0.25) is 5.91 Å². The molecule has 0 aliphatic heterocycles. The van der Waals surface area contributed by atoms with Crippen molar-refractivity contribution in [1.29, 1.82) is 0 Å². The van der Waals surface area contributed by atoms with Gasteiger partial charge in [-0.3, -0.25) is 4.79 Å². The average Bonchev–Trinajstić information content (AvgIpc) is 3.14. The van der Waals surface area contributed by atoms with Crippen molar-refractivity contribution in [3.63, 3.8) is 0 Å². The molecule has 0 aliphatic carbocycles. The van der Waals surface area contributed by atoms with Crippen molar-refractivity contribution >= 4 is 5.91 Å². The Balaban J connectivity index is 3.66. The standard InChI is InChI=1S/C47H89NO4/c1-3-5-7-9-11-13-15-17-19-20-21-22-23-24-25-26-27-28-30-32-34-36-38-40-44(50)42-47(52)48-45(43-49)46(51)41-39-37-35-33-31-29-18-16-14-12-10-8-6-4-2/h21-22,24-25,39,41,44-46,49-51H,3-20,23,26-38,40,42-43H2,1-2H3,(H,48,52)/b22-21-,25-24-,41-39+. The molecule has 0 fully saturated rings. The van der Waals surface area contributed by atoms with Crippen LogP contribution in [-0.4, -0.2) is 46.1 Å². The number of rotatable bonds is 41. The van der Waals surface area contributed by atoms with Gasteiger partial charge in [0, 0.05) is 0 Å². The summed E-state index contributed by atoms with van der Waals surface area (Å²) in [5, 5.41) is 33.2. The molecule has 1 amide bonds. The van der Waals surface area contributed by atoms with Crippen molar-refractivity contribution in [2.24, 2.45) is 0 Å². The van der Waals surface area contributed by atoms with Gasteiger partial charge in [0.25, 0.3) is 0 Å². The number of hydrogen-bond donors (Lipinski definition) is 4. The summed E-state index contributed by atoms with van der Waals surface area (Å²) in [6.07, 6.45) is 52.9. The Hall–Kier alpha value is -1.43. The molecule has 3 unspecified atom stereocenters. The predicted molar refractivity (Wildman–Crippen MR) is 227 cm³/mol. The van der Waals surface area contributed by atoms with E-state index in [0.717, 1.165) is 32.1 Å². The Morgan fingerprint density at radius 2 is 0.865 bits per heavy atom. The van der Waals surface area contributed by atoms with Crippen LogP contribution in [0, 0.1) is 0 Å². The van der Waals surface area contributed by atoms with Gasteiger partial charge >= 0.3 is 0 Å². The average molecular weight is 732 g/mol. The zero-order valence-electron chi connectivity index (χ0n) is 34.7. The summed E-state index contributed by atoms with van der Waals surface area (Å²) >= 11 is 0. The minimum atomic E-state index is -0.930. The first-order valence-electron chi connectivity index (χ1n) is 22.8. The molecular weight excluding hydrogens is 643 g/mol. The molecule has 0 heterocycles. The minimum Gasteiger partial charge on any atom is -0.394 e. The van der Waals surface area contributed by atoms with Crippen molar-refractivity contribution in [1.82, 2.24) is 5.32 Å². The Kier molecular flexibility index (Phi) is 41.1. The number of aliphatic hydroxyl groups is 3. The third-order valence-corrected chi connectivity index (χ3v) is 10.4. The van der Waals surface area contributed by atoms with E-state index in [1.807, 2.05) is 6.08 Å². The second kappa shape index (κ2) is 42.3. The van der Waals surface area contributed by atoms with E-state index in [4.69, 9.17) is 0 Å². The summed E-state index contributed by atoms with van der Waals surface area (Å²) in [4.78, 5) is 12.4. The van der Waals surface area contributed by atoms with Crippen LogP contribution in [0.1, 0.15) is 232 Å². The molecule has 0 saturated heterocycles. The van der Waals surface area contributed by atoms with E-state index in [9.17, 15) is 20.1 Å². The highest BCUT2D eigenvalue weighted by Crippen LogP contribution is 2.15. The number of hydrogen-bond acceptors (Lipinski definition) is 4. The van der Waals surface area contributed by atoms with E-state index in [1.54, 1.807) is 6.08 Å². The second-order valence-electron chi connectivity index (χ2n) is 15.7. The maximum absolute atomic E-state index is 12.4. The van der Waals surface area contributed by atoms with Crippen molar-refractivity contribution in [3.8, 4) is 0 Å². The highest BCUT2D eigenvalue weighted by atomic mass is 16.3. The highest BCUT2D eigenvalue weighted by molar-refractivity contribution is 5.76. The van der Waals surface area contributed by atoms with E-state index in [1.165, 1.54) is 173 Å². The van der Waals surface area contributed by atoms with Gasteiger partial charge in [-0.1, -0.05) is 211 Å². The Morgan fingerprint density at radius 3 is 1.27 bits per heavy atom. The van der Waals surface area contributed by atoms with Crippen LogP contribution in [0.25, 0.3) is 0 Å². The summed E-state index contributed by atoms with van der Waals surface area (Å²) in [6.45, 7) is 4.21. The fourth-order valence-corrected chi connectivity index (χ4v) is 6.90. The third-order valence-electron chi connectivity index (χ3n) is 10.4. The SMILES string of the molecule is CCCCCCCCCCC/C=C\C/C=C\CCCCCCCCCC(O)CC(=O)NC(CO)C(O)/C=C/CCCCCCCCCCCCCC. The number of nitrogens with one attached hydrogen (secondary N) is 1. The molecule has 0 rings (SSSR count). The summed E-state index contributed by atoms with van der Waals surface area (Å²) < 4.78 is 0. The zero-order chi connectivity index (χ0) is 38.0. The number of amides is 1. The van der Waals surface area contributed by atoms with Crippen LogP contribution in [0.4, 0.5) is 0 Å². The lowest BCUT2D eigenvalue weighted by atomic mass is 10.0. The van der Waals surface area contributed by atoms with Gasteiger partial charge in [-0.2, -0.15) is 0 Å². The summed E-state index contributed by atoms with van der Waals surface area (Å²) in [5.41, 5.74) is 0. The van der Waals surface area contributed by atoms with Crippen molar-refractivity contribution < 1.29 is 20.1 Å². The first kappa shape index (κ1) is 50.6. The molecule has 0 bridgehead atoms. The summed E-state index contributed by atoms with van der Waals surface area (Å²) in [6, 6.07) is -0.746. The molecule has 0 radical (unpaired) electrons. The normalized spacial score (nSPS) is 13.9. The van der Waals surface area contributed by atoms with E-state index in [0.29, 0.717) is 6.42 Å². The Bertz CT molecular complexity index is 809. The van der Waals surface area contributed by atoms with Crippen molar-refractivity contribution in [3.05, 3.63) is 36.5 Å². The number of carbonyl (C=O) groups excluding carboxylic acids is 1. The fraction of sp³-hybridized carbons (Fsp3) is 0.851. The number of unbranched alkanes of at least 4 members (excludes halogenated alkanes) is 28. The van der Waals surface area contributed by atoms with Gasteiger partial charge < -0.3 is 20.6 Å². The summed E-state index contributed by atoms with van der Waals surface area (Å²) in [7, 11) is 0. The molecule has 5 heteroatoms. The van der Waals surface area contributed by atoms with Crippen LogP contribution >= 0.6 is 0 Å². The van der Waals surface area contributed by atoms with E-state index >= 15 is 0 Å². The van der Waals surface area contributed by atoms with E-state index < -0.39 is 18.2 Å². The maximum Gasteiger partial charge on any atom is 0.222 e. The van der Waals surface area contributed by atoms with Crippen LogP contribution in [0.2, 0.25) is 0 Å². The zero-order valence-corrected chi connectivity index (χ0v) is 34.7. The molecule has 0 aromatic carbocycles. The largest absolute Gasteiger partial charge is 0.394 e. The third kappa shape index (κ3) is 38.3. The lowest BCUT2D eigenvalue weighted by Gasteiger charge is -2.21. The van der Waals surface area contributed by atoms with Gasteiger partial charge in [0.05, 0.1) is 31.3 Å². The van der Waals surface area contributed by atoms with E-state index in [2.05, 4.69) is 43.5 Å². The van der Waals surface area contributed by atoms with Gasteiger partial charge in [0.1, 0.15) is 0 Å². The monoisotopic (exact) mass is 732 g/mol. The van der Waals surface area contributed by atoms with Crippen LogP contribution < -0.4 is 5.32 Å². The van der Waals surface area contributed by atoms with Crippen LogP contribution in [0.3, 0.4) is 0 Å². The highest BCUT2D eigenvalue weighted by Gasteiger charge is 2.20. The number of allylic oxidation sites excluding steroid dienone is 5. The lowest BCUT2D eigenvalue weighted by molar-refractivity contribution is -0.124. The number of carbonyl (C=O) groups is 1. The molecule has 52 heavy (non-hydrogen) atoms. The second-order valence-corrected chi connectivity index (χ2v) is 15.7. The smallest absolute Gasteiger partial charge is 0.222 e. The molecule has 0 aromatic heterocycles. The molecule has 5 nitrogen and oxygen atoms in total. The first-order valence-corrected chi connectivity index (χ1v) is 22.8. The van der Waals surface area contributed by atoms with Crippen LogP contribution in [-0.2, 0) is 4.79 Å². The van der Waals surface area contributed by atoms with Gasteiger partial charge in [-0.05, 0) is 51.4 Å². The van der Waals surface area contributed by atoms with Gasteiger partial charge in [-0.15, -0.1) is 0 Å². The maximum atomic E-state index is 12.4. The minimum absolute atomic E-state index is 0.00834. The first-order chi connectivity index (χ1) is 25.5. The van der Waals surface area contributed by atoms with Gasteiger partial charge in [-0.25, -0.2) is 0 Å². The molecule has 306 valence electrons. The van der Waals surface area contributed by atoms with Crippen molar-refractivity contribution in [2.75, 3.05) is 6.61 Å². The fourth-order valence-electron chi connectivity index (χ4n) is 6.90. The molecule has 0 saturated carbocycles. The quantitative estimate of drug-likeness (QED) is 0.0372. The molecule has 4 N–H and O–H groups in total. The molecule has 3 atom stereocenters. The summed E-state index contributed by atoms with van der Waals surface area (Å²) in [5.74, 6) is -0.320. The van der Waals surface area contributed by atoms with Crippen LogP contribution in [0.15, 0.2) is 36.5 Å². The topological polar surface area (TPSA) is 89.8 Å². The number of aliphatic hydroxyl groups excluding tert-OH is 3. The van der Waals surface area contributed by atoms with Crippen molar-refractivity contribution in [2.45, 2.75) is 250 Å². The lowest BCUT2D eigenvalue weighted by Crippen LogP contribution is -2.45. The van der Waals surface area contributed by atoms with E-state index in [-0.39, 0.29) is 18.9 Å². The van der Waals surface area contributed by atoms with Crippen LogP contribution in [0.5, 0.6) is 0 Å². The molecule has 0 aromatic rings. The molecule has 0 spiro atoms. The Labute approximate surface area is 324 Å². The molecule has 0 aliphatic rings. The van der Waals surface area contributed by atoms with Gasteiger partial charge in [0.15, 0.2) is 0 Å². The molecular formula is C47H89NO4.